The van der Waals surface area contributed by atoms with Crippen molar-refractivity contribution >= 4 is 12.2 Å². The number of H-pyrrole nitrogens is 2. The molecule has 2 aromatic rings. The quantitative estimate of drug-likeness (QED) is 0.750. The molecule has 6 nitrogen and oxygen atoms in total. The van der Waals surface area contributed by atoms with E-state index in [0.717, 1.165) is 29.8 Å². The first-order valence-corrected chi connectivity index (χ1v) is 7.40. The minimum Gasteiger partial charge on any atom is -0.504 e. The van der Waals surface area contributed by atoms with Crippen LogP contribution in [0.25, 0.3) is 0 Å². The number of aromatic hydroxyl groups is 1. The van der Waals surface area contributed by atoms with Gasteiger partial charge < -0.3 is 14.8 Å². The molecule has 7 heteroatoms. The van der Waals surface area contributed by atoms with Crippen molar-refractivity contribution in [3.05, 3.63) is 50.1 Å². The molecule has 0 amide bonds. The number of aromatic amines is 2. The lowest BCUT2D eigenvalue weighted by atomic mass is 10.1. The normalized spacial score (nSPS) is 14.6. The third-order valence-electron chi connectivity index (χ3n) is 3.84. The zero-order chi connectivity index (χ0) is 15.7. The van der Waals surface area contributed by atoms with Crippen molar-refractivity contribution in [3.63, 3.8) is 0 Å². The van der Waals surface area contributed by atoms with E-state index >= 15 is 0 Å². The van der Waals surface area contributed by atoms with Crippen LogP contribution in [-0.2, 0) is 19.5 Å². The molecule has 0 saturated carbocycles. The molecule has 0 aliphatic carbocycles. The second-order valence-electron chi connectivity index (χ2n) is 5.33. The fraction of sp³-hybridized carbons (Fsp3) is 0.333. The minimum atomic E-state index is -0.124. The molecule has 2 heterocycles. The molecule has 1 aromatic heterocycles. The van der Waals surface area contributed by atoms with Crippen LogP contribution in [0.2, 0.25) is 0 Å². The van der Waals surface area contributed by atoms with E-state index < -0.39 is 0 Å². The Morgan fingerprint density at radius 3 is 2.95 bits per heavy atom. The molecule has 3 N–H and O–H groups in total. The summed E-state index contributed by atoms with van der Waals surface area (Å²) in [5.74, 6) is 0.580. The number of benzene rings is 1. The molecule has 0 saturated heterocycles. The number of fused-ring (bicyclic) bond motifs is 1. The zero-order valence-electron chi connectivity index (χ0n) is 12.2. The van der Waals surface area contributed by atoms with E-state index in [9.17, 15) is 9.90 Å². The summed E-state index contributed by atoms with van der Waals surface area (Å²) in [6.45, 7) is 2.05. The Bertz CT molecular complexity index is 812. The Hall–Kier alpha value is -2.12. The highest BCUT2D eigenvalue weighted by atomic mass is 32.1. The molecule has 0 unspecified atom stereocenters. The van der Waals surface area contributed by atoms with Gasteiger partial charge in [0.15, 0.2) is 16.3 Å². The predicted octanol–water partition coefficient (Wildman–Crippen LogP) is 1.70. The number of phenols is 1. The van der Waals surface area contributed by atoms with Gasteiger partial charge in [0.05, 0.1) is 12.7 Å². The number of aromatic nitrogens is 2. The van der Waals surface area contributed by atoms with E-state index in [2.05, 4.69) is 14.9 Å². The molecule has 1 aromatic carbocycles. The molecule has 3 rings (SSSR count). The van der Waals surface area contributed by atoms with Crippen LogP contribution >= 0.6 is 12.2 Å². The van der Waals surface area contributed by atoms with Gasteiger partial charge in [0, 0.05) is 31.7 Å². The number of nitrogens with one attached hydrogen (secondary N) is 2. The summed E-state index contributed by atoms with van der Waals surface area (Å²) >= 11 is 4.99. The smallest absolute Gasteiger partial charge is 0.256 e. The maximum absolute atomic E-state index is 12.0. The molecule has 22 heavy (non-hydrogen) atoms. The summed E-state index contributed by atoms with van der Waals surface area (Å²) in [6.07, 6.45) is 0.755. The van der Waals surface area contributed by atoms with Crippen LogP contribution in [0, 0.1) is 4.77 Å². The summed E-state index contributed by atoms with van der Waals surface area (Å²) in [5, 5.41) is 9.84. The Morgan fingerprint density at radius 2 is 2.23 bits per heavy atom. The van der Waals surface area contributed by atoms with Gasteiger partial charge in [-0.1, -0.05) is 6.07 Å². The van der Waals surface area contributed by atoms with Crippen molar-refractivity contribution in [1.82, 2.24) is 14.9 Å². The van der Waals surface area contributed by atoms with Crippen molar-refractivity contribution in [2.24, 2.45) is 0 Å². The highest BCUT2D eigenvalue weighted by Crippen LogP contribution is 2.27. The number of hydrogen-bond donors (Lipinski definition) is 3. The standard InChI is InChI=1S/C15H17N3O3S/c1-21-13-3-2-9(6-12(13)19)7-18-5-4-11-10(8-18)14(20)17-15(22)16-11/h2-3,6,19H,4-5,7-8H2,1H3,(H2,16,17,20,22). The number of methoxy groups -OCH3 is 1. The third kappa shape index (κ3) is 2.90. The van der Waals surface area contributed by atoms with Gasteiger partial charge in [-0.25, -0.2) is 0 Å². The van der Waals surface area contributed by atoms with Gasteiger partial charge in [0.2, 0.25) is 0 Å². The first-order valence-electron chi connectivity index (χ1n) is 6.99. The summed E-state index contributed by atoms with van der Waals surface area (Å²) < 4.78 is 5.41. The van der Waals surface area contributed by atoms with Gasteiger partial charge in [0.1, 0.15) is 0 Å². The first-order chi connectivity index (χ1) is 10.6. The Kier molecular flexibility index (Phi) is 4.00. The molecule has 0 spiro atoms. The molecule has 0 bridgehead atoms. The van der Waals surface area contributed by atoms with E-state index in [1.165, 1.54) is 7.11 Å². The molecular formula is C15H17N3O3S. The van der Waals surface area contributed by atoms with Crippen LogP contribution < -0.4 is 10.3 Å². The fourth-order valence-electron chi connectivity index (χ4n) is 2.74. The van der Waals surface area contributed by atoms with E-state index in [4.69, 9.17) is 17.0 Å². The molecule has 1 aliphatic rings. The molecule has 0 radical (unpaired) electrons. The van der Waals surface area contributed by atoms with Gasteiger partial charge in [-0.05, 0) is 29.9 Å². The van der Waals surface area contributed by atoms with Gasteiger partial charge in [-0.2, -0.15) is 0 Å². The number of hydrogen-bond acceptors (Lipinski definition) is 5. The molecule has 0 fully saturated rings. The fourth-order valence-corrected chi connectivity index (χ4v) is 2.96. The highest BCUT2D eigenvalue weighted by Gasteiger charge is 2.20. The lowest BCUT2D eigenvalue weighted by Gasteiger charge is -2.27. The van der Waals surface area contributed by atoms with Crippen LogP contribution in [0.5, 0.6) is 11.5 Å². The number of rotatable bonds is 3. The van der Waals surface area contributed by atoms with Crippen LogP contribution in [0.1, 0.15) is 16.8 Å². The van der Waals surface area contributed by atoms with Crippen LogP contribution in [0.3, 0.4) is 0 Å². The van der Waals surface area contributed by atoms with Crippen molar-refractivity contribution in [1.29, 1.82) is 0 Å². The van der Waals surface area contributed by atoms with Crippen molar-refractivity contribution in [2.45, 2.75) is 19.5 Å². The summed E-state index contributed by atoms with van der Waals surface area (Å²) in [6, 6.07) is 5.35. The SMILES string of the molecule is COc1ccc(CN2CCc3[nH]c(=S)[nH]c(=O)c3C2)cc1O. The van der Waals surface area contributed by atoms with Crippen LogP contribution in [0.4, 0.5) is 0 Å². The summed E-state index contributed by atoms with van der Waals surface area (Å²) in [4.78, 5) is 19.8. The maximum Gasteiger partial charge on any atom is 0.256 e. The highest BCUT2D eigenvalue weighted by molar-refractivity contribution is 7.71. The first kappa shape index (κ1) is 14.8. The van der Waals surface area contributed by atoms with Crippen LogP contribution in [-0.4, -0.2) is 33.6 Å². The number of phenolic OH excluding ortho intramolecular Hbond substituents is 1. The Morgan fingerprint density at radius 1 is 1.41 bits per heavy atom. The average Bonchev–Trinajstić information content (AvgIpc) is 2.48. The van der Waals surface area contributed by atoms with E-state index in [-0.39, 0.29) is 11.3 Å². The van der Waals surface area contributed by atoms with E-state index in [1.807, 2.05) is 6.07 Å². The molecule has 0 atom stereocenters. The third-order valence-corrected chi connectivity index (χ3v) is 4.04. The van der Waals surface area contributed by atoms with Gasteiger partial charge in [-0.3, -0.25) is 14.7 Å². The average molecular weight is 319 g/mol. The van der Waals surface area contributed by atoms with Crippen molar-refractivity contribution in [2.75, 3.05) is 13.7 Å². The number of nitrogens with zero attached hydrogens (tertiary/aromatic N) is 1. The maximum atomic E-state index is 12.0. The Balaban J connectivity index is 1.79. The van der Waals surface area contributed by atoms with E-state index in [0.29, 0.717) is 23.6 Å². The second kappa shape index (κ2) is 5.94. The van der Waals surface area contributed by atoms with Gasteiger partial charge in [-0.15, -0.1) is 0 Å². The number of ether oxygens (including phenoxy) is 1. The van der Waals surface area contributed by atoms with Gasteiger partial charge >= 0.3 is 0 Å². The second-order valence-corrected chi connectivity index (χ2v) is 5.74. The van der Waals surface area contributed by atoms with Crippen LogP contribution in [0.15, 0.2) is 23.0 Å². The Labute approximate surface area is 132 Å². The van der Waals surface area contributed by atoms with Crippen molar-refractivity contribution in [3.8, 4) is 11.5 Å². The van der Waals surface area contributed by atoms with Crippen molar-refractivity contribution < 1.29 is 9.84 Å². The lowest BCUT2D eigenvalue weighted by molar-refractivity contribution is 0.241. The summed E-state index contributed by atoms with van der Waals surface area (Å²) in [5.41, 5.74) is 2.50. The van der Waals surface area contributed by atoms with E-state index in [1.54, 1.807) is 12.1 Å². The largest absolute Gasteiger partial charge is 0.504 e. The predicted molar refractivity (Wildman–Crippen MR) is 84.7 cm³/mol. The molecule has 116 valence electrons. The van der Waals surface area contributed by atoms with Gasteiger partial charge in [0.25, 0.3) is 5.56 Å². The lowest BCUT2D eigenvalue weighted by Crippen LogP contribution is -2.35. The molecular weight excluding hydrogens is 302 g/mol. The topological polar surface area (TPSA) is 81.3 Å². The monoisotopic (exact) mass is 319 g/mol. The summed E-state index contributed by atoms with van der Waals surface area (Å²) in [7, 11) is 1.52. The zero-order valence-corrected chi connectivity index (χ0v) is 13.0. The molecule has 1 aliphatic heterocycles. The minimum absolute atomic E-state index is 0.124.